The third-order valence-corrected chi connectivity index (χ3v) is 1.49. The lowest BCUT2D eigenvalue weighted by molar-refractivity contribution is -0.122. The highest BCUT2D eigenvalue weighted by atomic mass is 16.5. The van der Waals surface area contributed by atoms with Gasteiger partial charge in [-0.2, -0.15) is 5.26 Å². The molecule has 74 valence electrons. The van der Waals surface area contributed by atoms with Crippen molar-refractivity contribution in [3.05, 3.63) is 0 Å². The van der Waals surface area contributed by atoms with E-state index in [0.717, 1.165) is 0 Å². The molecule has 0 aromatic carbocycles. The molecule has 0 aliphatic heterocycles. The minimum Gasteiger partial charge on any atom is -0.383 e. The average Bonchev–Trinajstić information content (AvgIpc) is 2.14. The number of amides is 1. The molecule has 0 aliphatic rings. The molecule has 0 saturated heterocycles. The van der Waals surface area contributed by atoms with Crippen LogP contribution in [0.3, 0.4) is 0 Å². The molecular formula is C8H15N3O2. The number of carbonyl (C=O) groups is 1. The van der Waals surface area contributed by atoms with Crippen LogP contribution >= 0.6 is 0 Å². The van der Waals surface area contributed by atoms with Crippen LogP contribution in [-0.4, -0.2) is 38.8 Å². The predicted octanol–water partition coefficient (Wildman–Crippen LogP) is -0.749. The number of hydrogen-bond acceptors (Lipinski definition) is 4. The summed E-state index contributed by atoms with van der Waals surface area (Å²) in [6.07, 6.45) is 0. The van der Waals surface area contributed by atoms with E-state index in [-0.39, 0.29) is 18.5 Å². The lowest BCUT2D eigenvalue weighted by Gasteiger charge is -2.11. The highest BCUT2D eigenvalue weighted by Crippen LogP contribution is 1.80. The normalized spacial score (nSPS) is 11.8. The van der Waals surface area contributed by atoms with Gasteiger partial charge in [0.05, 0.1) is 25.3 Å². The number of nitrogens with zero attached hydrogens (tertiary/aromatic N) is 1. The molecule has 2 N–H and O–H groups in total. The summed E-state index contributed by atoms with van der Waals surface area (Å²) >= 11 is 0. The van der Waals surface area contributed by atoms with Crippen LogP contribution in [0.2, 0.25) is 0 Å². The van der Waals surface area contributed by atoms with Gasteiger partial charge in [0.2, 0.25) is 5.91 Å². The largest absolute Gasteiger partial charge is 0.383 e. The Morgan fingerprint density at radius 3 is 2.92 bits per heavy atom. The van der Waals surface area contributed by atoms with Crippen molar-refractivity contribution in [2.24, 2.45) is 0 Å². The minimum atomic E-state index is -0.337. The van der Waals surface area contributed by atoms with E-state index >= 15 is 0 Å². The molecule has 1 unspecified atom stereocenters. The molecule has 1 atom stereocenters. The first-order valence-corrected chi connectivity index (χ1v) is 4.09. The fourth-order valence-corrected chi connectivity index (χ4v) is 0.721. The van der Waals surface area contributed by atoms with E-state index in [2.05, 4.69) is 10.6 Å². The van der Waals surface area contributed by atoms with Gasteiger partial charge in [-0.25, -0.2) is 0 Å². The molecular weight excluding hydrogens is 170 g/mol. The van der Waals surface area contributed by atoms with Crippen LogP contribution in [0, 0.1) is 11.3 Å². The highest BCUT2D eigenvalue weighted by Gasteiger charge is 2.09. The fourth-order valence-electron chi connectivity index (χ4n) is 0.721. The summed E-state index contributed by atoms with van der Waals surface area (Å²) in [7, 11) is 1.57. The Balaban J connectivity index is 3.52. The molecule has 5 heteroatoms. The summed E-state index contributed by atoms with van der Waals surface area (Å²) in [6.45, 7) is 2.88. The summed E-state index contributed by atoms with van der Waals surface area (Å²) in [5.74, 6) is -0.118. The van der Waals surface area contributed by atoms with Crippen molar-refractivity contribution >= 4 is 5.91 Å². The van der Waals surface area contributed by atoms with Gasteiger partial charge in [-0.15, -0.1) is 0 Å². The molecule has 0 aromatic rings. The zero-order chi connectivity index (χ0) is 10.1. The number of methoxy groups -OCH3 is 1. The highest BCUT2D eigenvalue weighted by molar-refractivity contribution is 5.81. The second-order valence-electron chi connectivity index (χ2n) is 2.54. The Kier molecular flexibility index (Phi) is 6.88. The third kappa shape index (κ3) is 6.08. The zero-order valence-corrected chi connectivity index (χ0v) is 7.96. The maximum atomic E-state index is 11.2. The van der Waals surface area contributed by atoms with Crippen LogP contribution in [-0.2, 0) is 9.53 Å². The van der Waals surface area contributed by atoms with E-state index in [0.29, 0.717) is 13.2 Å². The maximum absolute atomic E-state index is 11.2. The zero-order valence-electron chi connectivity index (χ0n) is 7.96. The van der Waals surface area contributed by atoms with Crippen molar-refractivity contribution in [3.8, 4) is 6.07 Å². The van der Waals surface area contributed by atoms with Gasteiger partial charge in [-0.05, 0) is 6.92 Å². The second-order valence-corrected chi connectivity index (χ2v) is 2.54. The van der Waals surface area contributed by atoms with Crippen molar-refractivity contribution in [1.82, 2.24) is 10.6 Å². The molecule has 0 heterocycles. The van der Waals surface area contributed by atoms with Crippen LogP contribution in [0.4, 0.5) is 0 Å². The SMILES string of the molecule is COCCNC(=O)C(C)NCC#N. The standard InChI is InChI=1S/C8H15N3O2/c1-7(10-4-3-9)8(12)11-5-6-13-2/h7,10H,4-6H2,1-2H3,(H,11,12). The first-order chi connectivity index (χ1) is 6.22. The third-order valence-electron chi connectivity index (χ3n) is 1.49. The van der Waals surface area contributed by atoms with Crippen molar-refractivity contribution in [2.75, 3.05) is 26.8 Å². The van der Waals surface area contributed by atoms with E-state index in [9.17, 15) is 4.79 Å². The molecule has 0 saturated carbocycles. The van der Waals surface area contributed by atoms with E-state index < -0.39 is 0 Å². The lowest BCUT2D eigenvalue weighted by Crippen LogP contribution is -2.43. The Morgan fingerprint density at radius 2 is 2.38 bits per heavy atom. The molecule has 1 amide bonds. The van der Waals surface area contributed by atoms with Gasteiger partial charge in [-0.1, -0.05) is 0 Å². The van der Waals surface area contributed by atoms with Gasteiger partial charge >= 0.3 is 0 Å². The molecule has 5 nitrogen and oxygen atoms in total. The van der Waals surface area contributed by atoms with Gasteiger partial charge in [-0.3, -0.25) is 10.1 Å². The van der Waals surface area contributed by atoms with Crippen molar-refractivity contribution in [1.29, 1.82) is 5.26 Å². The first-order valence-electron chi connectivity index (χ1n) is 4.09. The predicted molar refractivity (Wildman–Crippen MR) is 48.0 cm³/mol. The Labute approximate surface area is 78.1 Å². The van der Waals surface area contributed by atoms with Crippen LogP contribution in [0.5, 0.6) is 0 Å². The maximum Gasteiger partial charge on any atom is 0.236 e. The number of nitriles is 1. The van der Waals surface area contributed by atoms with Gasteiger partial charge in [0.1, 0.15) is 0 Å². The van der Waals surface area contributed by atoms with Crippen molar-refractivity contribution in [2.45, 2.75) is 13.0 Å². The van der Waals surface area contributed by atoms with Gasteiger partial charge < -0.3 is 10.1 Å². The molecule has 0 aromatic heterocycles. The number of hydrogen-bond donors (Lipinski definition) is 2. The Hall–Kier alpha value is -1.12. The summed E-state index contributed by atoms with van der Waals surface area (Å²) in [5.41, 5.74) is 0. The van der Waals surface area contributed by atoms with Crippen LogP contribution in [0.15, 0.2) is 0 Å². The summed E-state index contributed by atoms with van der Waals surface area (Å²) in [4.78, 5) is 11.2. The van der Waals surface area contributed by atoms with Gasteiger partial charge in [0.25, 0.3) is 0 Å². The fraction of sp³-hybridized carbons (Fsp3) is 0.750. The molecule has 0 bridgehead atoms. The number of ether oxygens (including phenoxy) is 1. The number of carbonyl (C=O) groups excluding carboxylic acids is 1. The summed E-state index contributed by atoms with van der Waals surface area (Å²) in [6, 6.07) is 1.57. The first kappa shape index (κ1) is 11.9. The quantitative estimate of drug-likeness (QED) is 0.422. The Morgan fingerprint density at radius 1 is 1.69 bits per heavy atom. The molecule has 0 spiro atoms. The minimum absolute atomic E-state index is 0.118. The van der Waals surface area contributed by atoms with Crippen LogP contribution < -0.4 is 10.6 Å². The second kappa shape index (κ2) is 7.53. The van der Waals surface area contributed by atoms with Crippen LogP contribution in [0.25, 0.3) is 0 Å². The van der Waals surface area contributed by atoms with Gasteiger partial charge in [0, 0.05) is 13.7 Å². The lowest BCUT2D eigenvalue weighted by atomic mass is 10.3. The summed E-state index contributed by atoms with van der Waals surface area (Å²) in [5, 5.41) is 13.6. The van der Waals surface area contributed by atoms with Crippen molar-refractivity contribution < 1.29 is 9.53 Å². The molecule has 13 heavy (non-hydrogen) atoms. The molecule has 0 rings (SSSR count). The van der Waals surface area contributed by atoms with E-state index in [1.807, 2.05) is 6.07 Å². The molecule has 0 radical (unpaired) electrons. The van der Waals surface area contributed by atoms with E-state index in [4.69, 9.17) is 10.00 Å². The number of nitrogens with one attached hydrogen (secondary N) is 2. The van der Waals surface area contributed by atoms with Crippen molar-refractivity contribution in [3.63, 3.8) is 0 Å². The molecule has 0 fully saturated rings. The van der Waals surface area contributed by atoms with E-state index in [1.165, 1.54) is 0 Å². The van der Waals surface area contributed by atoms with E-state index in [1.54, 1.807) is 14.0 Å². The summed E-state index contributed by atoms with van der Waals surface area (Å²) < 4.78 is 4.77. The van der Waals surface area contributed by atoms with Gasteiger partial charge in [0.15, 0.2) is 0 Å². The molecule has 0 aliphatic carbocycles. The topological polar surface area (TPSA) is 74.2 Å². The Bertz CT molecular complexity index is 188. The smallest absolute Gasteiger partial charge is 0.236 e. The number of rotatable bonds is 6. The van der Waals surface area contributed by atoms with Crippen LogP contribution in [0.1, 0.15) is 6.92 Å². The monoisotopic (exact) mass is 185 g/mol. The average molecular weight is 185 g/mol.